The predicted octanol–water partition coefficient (Wildman–Crippen LogP) is 0.492. The molecule has 1 saturated heterocycles. The minimum Gasteiger partial charge on any atom is -0.369 e. The number of carbonyl (C=O) groups excluding carboxylic acids is 1. The molecule has 1 aliphatic rings. The van der Waals surface area contributed by atoms with Crippen molar-refractivity contribution < 1.29 is 9.72 Å². The summed E-state index contributed by atoms with van der Waals surface area (Å²) in [6.07, 6.45) is 0.964. The van der Waals surface area contributed by atoms with E-state index in [1.165, 1.54) is 12.1 Å². The van der Waals surface area contributed by atoms with Gasteiger partial charge in [-0.3, -0.25) is 14.9 Å². The van der Waals surface area contributed by atoms with E-state index in [2.05, 4.69) is 5.32 Å². The van der Waals surface area contributed by atoms with Gasteiger partial charge in [-0.2, -0.15) is 0 Å². The van der Waals surface area contributed by atoms with E-state index in [0.29, 0.717) is 11.7 Å². The fourth-order valence-electron chi connectivity index (χ4n) is 2.33. The molecule has 0 radical (unpaired) electrons. The van der Waals surface area contributed by atoms with Gasteiger partial charge in [0.2, 0.25) is 0 Å². The summed E-state index contributed by atoms with van der Waals surface area (Å²) in [6.45, 7) is 1.55. The quantitative estimate of drug-likeness (QED) is 0.608. The first-order chi connectivity index (χ1) is 9.02. The summed E-state index contributed by atoms with van der Waals surface area (Å²) in [7, 11) is 1.89. The smallest absolute Gasteiger partial charge is 0.270 e. The van der Waals surface area contributed by atoms with Crippen LogP contribution in [0.1, 0.15) is 16.8 Å². The largest absolute Gasteiger partial charge is 0.369 e. The summed E-state index contributed by atoms with van der Waals surface area (Å²) in [5, 5.41) is 13.9. The summed E-state index contributed by atoms with van der Waals surface area (Å²) in [5.74, 6) is -0.647. The molecule has 0 aliphatic carbocycles. The Morgan fingerprint density at radius 3 is 2.84 bits per heavy atom. The zero-order valence-electron chi connectivity index (χ0n) is 10.6. The molecule has 1 unspecified atom stereocenters. The Labute approximate surface area is 110 Å². The summed E-state index contributed by atoms with van der Waals surface area (Å²) in [6, 6.07) is 4.59. The molecule has 19 heavy (non-hydrogen) atoms. The molecule has 1 amide bonds. The van der Waals surface area contributed by atoms with Crippen molar-refractivity contribution in [2.75, 3.05) is 25.0 Å². The molecule has 0 aromatic heterocycles. The van der Waals surface area contributed by atoms with Gasteiger partial charge >= 0.3 is 0 Å². The summed E-state index contributed by atoms with van der Waals surface area (Å²) in [5.41, 5.74) is 6.05. The van der Waals surface area contributed by atoms with Crippen molar-refractivity contribution in [3.05, 3.63) is 33.9 Å². The number of nitrogens with zero attached hydrogens (tertiary/aromatic N) is 2. The van der Waals surface area contributed by atoms with Crippen LogP contribution in [0.4, 0.5) is 11.4 Å². The number of likely N-dealkylation sites (N-methyl/N-ethyl adjacent to an activating group) is 1. The van der Waals surface area contributed by atoms with Gasteiger partial charge in [0.05, 0.1) is 16.2 Å². The van der Waals surface area contributed by atoms with Crippen LogP contribution < -0.4 is 16.0 Å². The van der Waals surface area contributed by atoms with Gasteiger partial charge in [0.1, 0.15) is 0 Å². The van der Waals surface area contributed by atoms with Crippen molar-refractivity contribution in [2.45, 2.75) is 12.5 Å². The van der Waals surface area contributed by atoms with Crippen LogP contribution >= 0.6 is 0 Å². The molecule has 102 valence electrons. The number of primary amides is 1. The fourth-order valence-corrected chi connectivity index (χ4v) is 2.33. The Morgan fingerprint density at radius 2 is 2.32 bits per heavy atom. The molecule has 1 aliphatic heterocycles. The van der Waals surface area contributed by atoms with Crippen molar-refractivity contribution in [1.29, 1.82) is 0 Å². The zero-order valence-corrected chi connectivity index (χ0v) is 10.6. The van der Waals surface area contributed by atoms with Crippen molar-refractivity contribution >= 4 is 17.3 Å². The number of rotatable bonds is 4. The van der Waals surface area contributed by atoms with Crippen LogP contribution in [0.3, 0.4) is 0 Å². The molecule has 1 fully saturated rings. The average molecular weight is 264 g/mol. The van der Waals surface area contributed by atoms with E-state index in [0.717, 1.165) is 19.5 Å². The molecule has 1 aromatic rings. The third-order valence-corrected chi connectivity index (χ3v) is 3.39. The highest BCUT2D eigenvalue weighted by Gasteiger charge is 2.25. The van der Waals surface area contributed by atoms with Crippen LogP contribution in [0.5, 0.6) is 0 Å². The molecular weight excluding hydrogens is 248 g/mol. The predicted molar refractivity (Wildman–Crippen MR) is 71.3 cm³/mol. The zero-order chi connectivity index (χ0) is 14.0. The standard InChI is InChI=1S/C12H16N4O3/c1-14-8-4-5-15(7-8)11-3-2-9(16(18)19)6-10(11)12(13)17/h2-3,6,8,14H,4-5,7H2,1H3,(H2,13,17). The SMILES string of the molecule is CNC1CCN(c2ccc([N+](=O)[O-])cc2C(N)=O)C1. The minimum absolute atomic E-state index is 0.123. The molecule has 1 atom stereocenters. The maximum atomic E-state index is 11.5. The van der Waals surface area contributed by atoms with Crippen LogP contribution in [0.15, 0.2) is 18.2 Å². The van der Waals surface area contributed by atoms with E-state index in [9.17, 15) is 14.9 Å². The van der Waals surface area contributed by atoms with E-state index < -0.39 is 10.8 Å². The second kappa shape index (κ2) is 5.23. The molecule has 7 heteroatoms. The third-order valence-electron chi connectivity index (χ3n) is 3.39. The maximum absolute atomic E-state index is 11.5. The molecule has 1 aromatic carbocycles. The molecule has 0 spiro atoms. The lowest BCUT2D eigenvalue weighted by Gasteiger charge is -2.20. The molecule has 2 rings (SSSR count). The first-order valence-electron chi connectivity index (χ1n) is 6.03. The first kappa shape index (κ1) is 13.3. The van der Waals surface area contributed by atoms with E-state index in [1.54, 1.807) is 6.07 Å². The van der Waals surface area contributed by atoms with Gasteiger partial charge < -0.3 is 16.0 Å². The van der Waals surface area contributed by atoms with Gasteiger partial charge in [0.25, 0.3) is 11.6 Å². The van der Waals surface area contributed by atoms with Gasteiger partial charge in [-0.05, 0) is 19.5 Å². The second-order valence-corrected chi connectivity index (χ2v) is 4.54. The number of benzene rings is 1. The number of carbonyl (C=O) groups is 1. The van der Waals surface area contributed by atoms with Crippen LogP contribution in [0, 0.1) is 10.1 Å². The first-order valence-corrected chi connectivity index (χ1v) is 6.03. The average Bonchev–Trinajstić information content (AvgIpc) is 2.86. The third kappa shape index (κ3) is 2.65. The van der Waals surface area contributed by atoms with Crippen molar-refractivity contribution in [2.24, 2.45) is 5.73 Å². The molecule has 0 saturated carbocycles. The van der Waals surface area contributed by atoms with Crippen molar-refractivity contribution in [3.63, 3.8) is 0 Å². The van der Waals surface area contributed by atoms with Crippen LogP contribution in [-0.2, 0) is 0 Å². The molecule has 0 bridgehead atoms. The highest BCUT2D eigenvalue weighted by molar-refractivity contribution is 5.99. The molecule has 1 heterocycles. The number of nitrogens with one attached hydrogen (secondary N) is 1. The Morgan fingerprint density at radius 1 is 1.58 bits per heavy atom. The number of non-ortho nitro benzene ring substituents is 1. The fraction of sp³-hybridized carbons (Fsp3) is 0.417. The highest BCUT2D eigenvalue weighted by atomic mass is 16.6. The number of amides is 1. The lowest BCUT2D eigenvalue weighted by Crippen LogP contribution is -2.30. The van der Waals surface area contributed by atoms with Crippen molar-refractivity contribution in [1.82, 2.24) is 5.32 Å². The van der Waals surface area contributed by atoms with Gasteiger partial charge in [-0.15, -0.1) is 0 Å². The Balaban J connectivity index is 2.35. The highest BCUT2D eigenvalue weighted by Crippen LogP contribution is 2.28. The lowest BCUT2D eigenvalue weighted by atomic mass is 10.1. The Kier molecular flexibility index (Phi) is 3.66. The van der Waals surface area contributed by atoms with Gasteiger partial charge in [-0.25, -0.2) is 0 Å². The Hall–Kier alpha value is -2.15. The summed E-state index contributed by atoms with van der Waals surface area (Å²) >= 11 is 0. The lowest BCUT2D eigenvalue weighted by molar-refractivity contribution is -0.384. The Bertz CT molecular complexity index is 518. The number of nitrogens with two attached hydrogens (primary N) is 1. The van der Waals surface area contributed by atoms with E-state index in [-0.39, 0.29) is 11.3 Å². The summed E-state index contributed by atoms with van der Waals surface area (Å²) in [4.78, 5) is 23.7. The monoisotopic (exact) mass is 264 g/mol. The van der Waals surface area contributed by atoms with Crippen LogP contribution in [0.25, 0.3) is 0 Å². The topological polar surface area (TPSA) is 102 Å². The number of nitro benzene ring substituents is 1. The van der Waals surface area contributed by atoms with Gasteiger partial charge in [-0.1, -0.05) is 0 Å². The molecule has 3 N–H and O–H groups in total. The normalized spacial score (nSPS) is 18.6. The number of anilines is 1. The van der Waals surface area contributed by atoms with Gasteiger partial charge in [0, 0.05) is 31.3 Å². The summed E-state index contributed by atoms with van der Waals surface area (Å²) < 4.78 is 0. The minimum atomic E-state index is -0.647. The second-order valence-electron chi connectivity index (χ2n) is 4.54. The number of hydrogen-bond donors (Lipinski definition) is 2. The van der Waals surface area contributed by atoms with Crippen LogP contribution in [-0.4, -0.2) is 37.0 Å². The number of nitro groups is 1. The van der Waals surface area contributed by atoms with E-state index >= 15 is 0 Å². The molecule has 7 nitrogen and oxygen atoms in total. The van der Waals surface area contributed by atoms with Gasteiger partial charge in [0.15, 0.2) is 0 Å². The molecular formula is C12H16N4O3. The van der Waals surface area contributed by atoms with E-state index in [4.69, 9.17) is 5.73 Å². The number of hydrogen-bond acceptors (Lipinski definition) is 5. The van der Waals surface area contributed by atoms with E-state index in [1.807, 2.05) is 11.9 Å². The van der Waals surface area contributed by atoms with Crippen molar-refractivity contribution in [3.8, 4) is 0 Å². The maximum Gasteiger partial charge on any atom is 0.270 e. The van der Waals surface area contributed by atoms with Crippen LogP contribution in [0.2, 0.25) is 0 Å².